The maximum absolute atomic E-state index is 5.39. The van der Waals surface area contributed by atoms with Crippen LogP contribution in [0.2, 0.25) is 0 Å². The van der Waals surface area contributed by atoms with E-state index in [1.54, 1.807) is 0 Å². The molecular formula is C9H8IN3O. The maximum Gasteiger partial charge on any atom is 0.259 e. The van der Waals surface area contributed by atoms with Crippen LogP contribution in [0.25, 0.3) is 11.5 Å². The minimum Gasteiger partial charge on any atom is -0.334 e. The number of nitrogens with zero attached hydrogens (tertiary/aromatic N) is 2. The van der Waals surface area contributed by atoms with Gasteiger partial charge in [-0.2, -0.15) is 4.98 Å². The molecule has 0 amide bonds. The molecule has 0 aliphatic carbocycles. The Hall–Kier alpha value is -0.950. The monoisotopic (exact) mass is 301 g/mol. The van der Waals surface area contributed by atoms with Crippen molar-refractivity contribution in [3.63, 3.8) is 0 Å². The molecule has 0 fully saturated rings. The molecule has 0 atom stereocenters. The fourth-order valence-electron chi connectivity index (χ4n) is 1.08. The second-order valence-electron chi connectivity index (χ2n) is 2.70. The largest absolute Gasteiger partial charge is 0.334 e. The first kappa shape index (κ1) is 9.60. The van der Waals surface area contributed by atoms with E-state index in [4.69, 9.17) is 10.3 Å². The van der Waals surface area contributed by atoms with Crippen LogP contribution in [0.15, 0.2) is 28.8 Å². The molecule has 1 aromatic carbocycles. The SMILES string of the molecule is NCc1noc(-c2ccccc2I)n1. The van der Waals surface area contributed by atoms with Crippen molar-refractivity contribution in [2.24, 2.45) is 5.73 Å². The lowest BCUT2D eigenvalue weighted by molar-refractivity contribution is 0.422. The van der Waals surface area contributed by atoms with Gasteiger partial charge in [0.2, 0.25) is 0 Å². The molecular weight excluding hydrogens is 293 g/mol. The third-order valence-corrected chi connectivity index (χ3v) is 2.70. The Kier molecular flexibility index (Phi) is 2.78. The number of rotatable bonds is 2. The van der Waals surface area contributed by atoms with Gasteiger partial charge in [-0.3, -0.25) is 0 Å². The van der Waals surface area contributed by atoms with Gasteiger partial charge in [-0.15, -0.1) is 0 Å². The van der Waals surface area contributed by atoms with Gasteiger partial charge >= 0.3 is 0 Å². The van der Waals surface area contributed by atoms with E-state index in [1.165, 1.54) is 0 Å². The topological polar surface area (TPSA) is 64.9 Å². The van der Waals surface area contributed by atoms with Gasteiger partial charge in [-0.05, 0) is 34.7 Å². The standard InChI is InChI=1S/C9H8IN3O/c10-7-4-2-1-3-6(7)9-12-8(5-11)13-14-9/h1-4H,5,11H2. The Morgan fingerprint density at radius 1 is 1.36 bits per heavy atom. The highest BCUT2D eigenvalue weighted by Crippen LogP contribution is 2.22. The molecule has 2 aromatic rings. The normalized spacial score (nSPS) is 10.4. The molecule has 4 nitrogen and oxygen atoms in total. The summed E-state index contributed by atoms with van der Waals surface area (Å²) in [5.74, 6) is 1.05. The van der Waals surface area contributed by atoms with Crippen LogP contribution in [0.3, 0.4) is 0 Å². The van der Waals surface area contributed by atoms with Gasteiger partial charge in [0, 0.05) is 3.57 Å². The van der Waals surface area contributed by atoms with E-state index in [9.17, 15) is 0 Å². The van der Waals surface area contributed by atoms with Crippen molar-refractivity contribution in [1.29, 1.82) is 0 Å². The zero-order valence-corrected chi connectivity index (χ0v) is 9.43. The van der Waals surface area contributed by atoms with Crippen LogP contribution in [0, 0.1) is 3.57 Å². The van der Waals surface area contributed by atoms with Crippen LogP contribution in [0.1, 0.15) is 5.82 Å². The first-order valence-electron chi connectivity index (χ1n) is 4.09. The van der Waals surface area contributed by atoms with E-state index in [0.29, 0.717) is 18.3 Å². The molecule has 1 aromatic heterocycles. The predicted octanol–water partition coefficient (Wildman–Crippen LogP) is 1.80. The Labute approximate surface area is 94.6 Å². The lowest BCUT2D eigenvalue weighted by Crippen LogP contribution is -1.97. The summed E-state index contributed by atoms with van der Waals surface area (Å²) in [4.78, 5) is 4.15. The highest BCUT2D eigenvalue weighted by molar-refractivity contribution is 14.1. The van der Waals surface area contributed by atoms with E-state index in [1.807, 2.05) is 24.3 Å². The summed E-state index contributed by atoms with van der Waals surface area (Å²) in [7, 11) is 0. The van der Waals surface area contributed by atoms with Gasteiger partial charge in [-0.1, -0.05) is 17.3 Å². The number of benzene rings is 1. The molecule has 0 unspecified atom stereocenters. The van der Waals surface area contributed by atoms with Crippen molar-refractivity contribution in [2.45, 2.75) is 6.54 Å². The summed E-state index contributed by atoms with van der Waals surface area (Å²) in [6, 6.07) is 7.83. The van der Waals surface area contributed by atoms with Crippen LogP contribution >= 0.6 is 22.6 Å². The van der Waals surface area contributed by atoms with Crippen LogP contribution in [0.4, 0.5) is 0 Å². The third-order valence-electron chi connectivity index (χ3n) is 1.75. The van der Waals surface area contributed by atoms with Crippen molar-refractivity contribution in [3.05, 3.63) is 33.7 Å². The molecule has 0 aliphatic heterocycles. The molecule has 0 aliphatic rings. The number of hydrogen-bond donors (Lipinski definition) is 1. The first-order valence-corrected chi connectivity index (χ1v) is 5.16. The molecule has 5 heteroatoms. The molecule has 72 valence electrons. The average molecular weight is 301 g/mol. The Morgan fingerprint density at radius 3 is 2.79 bits per heavy atom. The molecule has 2 rings (SSSR count). The second-order valence-corrected chi connectivity index (χ2v) is 3.86. The van der Waals surface area contributed by atoms with Gasteiger partial charge in [-0.25, -0.2) is 0 Å². The summed E-state index contributed by atoms with van der Waals surface area (Å²) in [6.07, 6.45) is 0. The maximum atomic E-state index is 5.39. The Balaban J connectivity index is 2.44. The quantitative estimate of drug-likeness (QED) is 0.859. The Bertz CT molecular complexity index is 441. The zero-order valence-electron chi connectivity index (χ0n) is 7.27. The molecule has 14 heavy (non-hydrogen) atoms. The highest BCUT2D eigenvalue weighted by atomic mass is 127. The van der Waals surface area contributed by atoms with Crippen molar-refractivity contribution < 1.29 is 4.52 Å². The van der Waals surface area contributed by atoms with E-state index in [0.717, 1.165) is 9.13 Å². The summed E-state index contributed by atoms with van der Waals surface area (Å²) in [5, 5.41) is 3.74. The number of hydrogen-bond acceptors (Lipinski definition) is 4. The third kappa shape index (κ3) is 1.78. The summed E-state index contributed by atoms with van der Waals surface area (Å²) < 4.78 is 6.16. The van der Waals surface area contributed by atoms with Crippen molar-refractivity contribution >= 4 is 22.6 Å². The zero-order chi connectivity index (χ0) is 9.97. The number of halogens is 1. The average Bonchev–Trinajstić information content (AvgIpc) is 2.67. The smallest absolute Gasteiger partial charge is 0.259 e. The molecule has 1 heterocycles. The molecule has 2 N–H and O–H groups in total. The van der Waals surface area contributed by atoms with Crippen LogP contribution in [-0.2, 0) is 6.54 Å². The summed E-state index contributed by atoms with van der Waals surface area (Å²) >= 11 is 2.23. The molecule has 0 saturated carbocycles. The lowest BCUT2D eigenvalue weighted by atomic mass is 10.2. The molecule has 0 saturated heterocycles. The van der Waals surface area contributed by atoms with Crippen molar-refractivity contribution in [1.82, 2.24) is 10.1 Å². The van der Waals surface area contributed by atoms with Gasteiger partial charge in [0.15, 0.2) is 5.82 Å². The van der Waals surface area contributed by atoms with Crippen LogP contribution < -0.4 is 5.73 Å². The van der Waals surface area contributed by atoms with Gasteiger partial charge in [0.05, 0.1) is 12.1 Å². The van der Waals surface area contributed by atoms with Crippen LogP contribution in [0.5, 0.6) is 0 Å². The first-order chi connectivity index (χ1) is 6.81. The van der Waals surface area contributed by atoms with Gasteiger partial charge in [0.25, 0.3) is 5.89 Å². The second kappa shape index (κ2) is 4.05. The fraction of sp³-hybridized carbons (Fsp3) is 0.111. The van der Waals surface area contributed by atoms with Gasteiger partial charge in [0.1, 0.15) is 0 Å². The van der Waals surface area contributed by atoms with E-state index in [-0.39, 0.29) is 0 Å². The highest BCUT2D eigenvalue weighted by Gasteiger charge is 2.09. The molecule has 0 radical (unpaired) electrons. The lowest BCUT2D eigenvalue weighted by Gasteiger charge is -1.95. The van der Waals surface area contributed by atoms with Crippen molar-refractivity contribution in [2.75, 3.05) is 0 Å². The minimum absolute atomic E-state index is 0.299. The van der Waals surface area contributed by atoms with E-state index in [2.05, 4.69) is 32.7 Å². The predicted molar refractivity (Wildman–Crippen MR) is 60.3 cm³/mol. The fourth-order valence-corrected chi connectivity index (χ4v) is 1.70. The minimum atomic E-state index is 0.299. The van der Waals surface area contributed by atoms with E-state index < -0.39 is 0 Å². The summed E-state index contributed by atoms with van der Waals surface area (Å²) in [6.45, 7) is 0.299. The Morgan fingerprint density at radius 2 is 2.14 bits per heavy atom. The van der Waals surface area contributed by atoms with Gasteiger partial charge < -0.3 is 10.3 Å². The van der Waals surface area contributed by atoms with E-state index >= 15 is 0 Å². The summed E-state index contributed by atoms with van der Waals surface area (Å²) in [5.41, 5.74) is 6.34. The molecule has 0 spiro atoms. The van der Waals surface area contributed by atoms with Crippen LogP contribution in [-0.4, -0.2) is 10.1 Å². The molecule has 0 bridgehead atoms. The van der Waals surface area contributed by atoms with Crippen molar-refractivity contribution in [3.8, 4) is 11.5 Å². The number of aromatic nitrogens is 2. The number of nitrogens with two attached hydrogens (primary N) is 1.